The van der Waals surface area contributed by atoms with E-state index in [0.29, 0.717) is 6.42 Å². The number of ether oxygens (including phenoxy) is 1. The molecule has 132 valence electrons. The molecule has 1 atom stereocenters. The minimum Gasteiger partial charge on any atom is -0.481 e. The SMILES string of the molecule is CC[C@@H](Oc1ccc2c(c1)CCCC2)C(=O)Nc1cccc(C)c1C. The lowest BCUT2D eigenvalue weighted by molar-refractivity contribution is -0.122. The van der Waals surface area contributed by atoms with E-state index >= 15 is 0 Å². The highest BCUT2D eigenvalue weighted by molar-refractivity contribution is 5.95. The van der Waals surface area contributed by atoms with Crippen LogP contribution in [0.5, 0.6) is 5.75 Å². The number of hydrogen-bond donors (Lipinski definition) is 1. The molecule has 2 aromatic carbocycles. The monoisotopic (exact) mass is 337 g/mol. The Labute approximate surface area is 150 Å². The predicted molar refractivity (Wildman–Crippen MR) is 102 cm³/mol. The van der Waals surface area contributed by atoms with Crippen molar-refractivity contribution in [3.8, 4) is 5.75 Å². The van der Waals surface area contributed by atoms with Crippen molar-refractivity contribution in [2.24, 2.45) is 0 Å². The molecule has 3 rings (SSSR count). The van der Waals surface area contributed by atoms with E-state index in [-0.39, 0.29) is 5.91 Å². The van der Waals surface area contributed by atoms with Crippen molar-refractivity contribution in [2.75, 3.05) is 5.32 Å². The van der Waals surface area contributed by atoms with Crippen LogP contribution in [-0.4, -0.2) is 12.0 Å². The van der Waals surface area contributed by atoms with Crippen molar-refractivity contribution in [3.63, 3.8) is 0 Å². The van der Waals surface area contributed by atoms with E-state index in [2.05, 4.69) is 17.4 Å². The molecule has 0 saturated heterocycles. The normalized spacial score (nSPS) is 14.5. The Kier molecular flexibility index (Phi) is 5.42. The van der Waals surface area contributed by atoms with Crippen molar-refractivity contribution in [3.05, 3.63) is 58.7 Å². The predicted octanol–water partition coefficient (Wildman–Crippen LogP) is 4.98. The average Bonchev–Trinajstić information content (AvgIpc) is 2.63. The van der Waals surface area contributed by atoms with Gasteiger partial charge in [-0.1, -0.05) is 25.1 Å². The molecule has 0 fully saturated rings. The van der Waals surface area contributed by atoms with Gasteiger partial charge < -0.3 is 10.1 Å². The quantitative estimate of drug-likeness (QED) is 0.836. The van der Waals surface area contributed by atoms with Gasteiger partial charge in [-0.3, -0.25) is 4.79 Å². The van der Waals surface area contributed by atoms with E-state index in [4.69, 9.17) is 4.74 Å². The van der Waals surface area contributed by atoms with Crippen LogP contribution in [-0.2, 0) is 17.6 Å². The van der Waals surface area contributed by atoms with Crippen molar-refractivity contribution in [1.82, 2.24) is 0 Å². The summed E-state index contributed by atoms with van der Waals surface area (Å²) in [6, 6.07) is 12.2. The summed E-state index contributed by atoms with van der Waals surface area (Å²) in [6.07, 6.45) is 4.91. The van der Waals surface area contributed by atoms with E-state index in [1.165, 1.54) is 29.5 Å². The van der Waals surface area contributed by atoms with Crippen LogP contribution < -0.4 is 10.1 Å². The van der Waals surface area contributed by atoms with E-state index < -0.39 is 6.10 Å². The van der Waals surface area contributed by atoms with E-state index in [1.807, 2.05) is 45.0 Å². The maximum atomic E-state index is 12.7. The van der Waals surface area contributed by atoms with Crippen LogP contribution in [0.3, 0.4) is 0 Å². The van der Waals surface area contributed by atoms with Crippen LogP contribution in [0.1, 0.15) is 48.4 Å². The highest BCUT2D eigenvalue weighted by Crippen LogP contribution is 2.26. The summed E-state index contributed by atoms with van der Waals surface area (Å²) in [7, 11) is 0. The largest absolute Gasteiger partial charge is 0.481 e. The molecule has 25 heavy (non-hydrogen) atoms. The summed E-state index contributed by atoms with van der Waals surface area (Å²) < 4.78 is 6.02. The standard InChI is InChI=1S/C22H27NO2/c1-4-21(22(24)23-20-11-7-8-15(2)16(20)3)25-19-13-12-17-9-5-6-10-18(17)14-19/h7-8,11-14,21H,4-6,9-10H2,1-3H3,(H,23,24)/t21-/m1/s1. The number of carbonyl (C=O) groups is 1. The Bertz CT molecular complexity index is 767. The Hall–Kier alpha value is -2.29. The molecule has 0 unspecified atom stereocenters. The Balaban J connectivity index is 1.71. The minimum atomic E-state index is -0.485. The third-order valence-electron chi connectivity index (χ3n) is 5.12. The first kappa shape index (κ1) is 17.5. The van der Waals surface area contributed by atoms with Gasteiger partial charge in [-0.15, -0.1) is 0 Å². The van der Waals surface area contributed by atoms with Gasteiger partial charge in [-0.25, -0.2) is 0 Å². The molecule has 3 nitrogen and oxygen atoms in total. The third kappa shape index (κ3) is 4.04. The van der Waals surface area contributed by atoms with Gasteiger partial charge in [0.1, 0.15) is 5.75 Å². The van der Waals surface area contributed by atoms with E-state index in [0.717, 1.165) is 29.8 Å². The van der Waals surface area contributed by atoms with Gasteiger partial charge in [0, 0.05) is 5.69 Å². The highest BCUT2D eigenvalue weighted by Gasteiger charge is 2.20. The molecule has 3 heteroatoms. The fourth-order valence-corrected chi connectivity index (χ4v) is 3.37. The fraction of sp³-hybridized carbons (Fsp3) is 0.409. The summed E-state index contributed by atoms with van der Waals surface area (Å²) in [5.74, 6) is 0.706. The van der Waals surface area contributed by atoms with E-state index in [1.54, 1.807) is 0 Å². The second-order valence-corrected chi connectivity index (χ2v) is 6.89. The van der Waals surface area contributed by atoms with Crippen molar-refractivity contribution in [2.45, 2.75) is 59.0 Å². The number of aryl methyl sites for hydroxylation is 3. The molecule has 0 saturated carbocycles. The molecule has 1 aliphatic carbocycles. The molecule has 0 bridgehead atoms. The van der Waals surface area contributed by atoms with Gasteiger partial charge in [0.25, 0.3) is 5.91 Å². The lowest BCUT2D eigenvalue weighted by Crippen LogP contribution is -2.32. The number of benzene rings is 2. The van der Waals surface area contributed by atoms with Gasteiger partial charge in [-0.2, -0.15) is 0 Å². The summed E-state index contributed by atoms with van der Waals surface area (Å²) >= 11 is 0. The second-order valence-electron chi connectivity index (χ2n) is 6.89. The molecular weight excluding hydrogens is 310 g/mol. The first-order chi connectivity index (χ1) is 12.1. The van der Waals surface area contributed by atoms with Crippen molar-refractivity contribution < 1.29 is 9.53 Å². The van der Waals surface area contributed by atoms with Gasteiger partial charge in [0.05, 0.1) is 0 Å². The molecular formula is C22H27NO2. The molecule has 0 spiro atoms. The topological polar surface area (TPSA) is 38.3 Å². The lowest BCUT2D eigenvalue weighted by Gasteiger charge is -2.21. The fourth-order valence-electron chi connectivity index (χ4n) is 3.37. The molecule has 1 N–H and O–H groups in total. The van der Waals surface area contributed by atoms with Gasteiger partial charge in [-0.05, 0) is 86.4 Å². The maximum Gasteiger partial charge on any atom is 0.265 e. The minimum absolute atomic E-state index is 0.0890. The van der Waals surface area contributed by atoms with Gasteiger partial charge in [0.2, 0.25) is 0 Å². The zero-order chi connectivity index (χ0) is 17.8. The summed E-state index contributed by atoms with van der Waals surface area (Å²) in [5.41, 5.74) is 5.92. The lowest BCUT2D eigenvalue weighted by atomic mass is 9.92. The van der Waals surface area contributed by atoms with Crippen LogP contribution in [0.2, 0.25) is 0 Å². The maximum absolute atomic E-state index is 12.7. The van der Waals surface area contributed by atoms with Crippen LogP contribution in [0.25, 0.3) is 0 Å². The number of amides is 1. The Morgan fingerprint density at radius 1 is 1.12 bits per heavy atom. The molecule has 0 radical (unpaired) electrons. The Morgan fingerprint density at radius 2 is 1.88 bits per heavy atom. The molecule has 2 aromatic rings. The van der Waals surface area contributed by atoms with Crippen molar-refractivity contribution in [1.29, 1.82) is 0 Å². The number of carbonyl (C=O) groups excluding carboxylic acids is 1. The molecule has 0 aromatic heterocycles. The average molecular weight is 337 g/mol. The number of rotatable bonds is 5. The van der Waals surface area contributed by atoms with Crippen LogP contribution in [0.15, 0.2) is 36.4 Å². The van der Waals surface area contributed by atoms with Crippen LogP contribution in [0.4, 0.5) is 5.69 Å². The second kappa shape index (κ2) is 7.73. The number of nitrogens with one attached hydrogen (secondary N) is 1. The zero-order valence-corrected chi connectivity index (χ0v) is 15.4. The van der Waals surface area contributed by atoms with Gasteiger partial charge >= 0.3 is 0 Å². The Morgan fingerprint density at radius 3 is 2.64 bits per heavy atom. The van der Waals surface area contributed by atoms with Crippen LogP contribution >= 0.6 is 0 Å². The molecule has 0 heterocycles. The van der Waals surface area contributed by atoms with Crippen LogP contribution in [0, 0.1) is 13.8 Å². The highest BCUT2D eigenvalue weighted by atomic mass is 16.5. The summed E-state index contributed by atoms with van der Waals surface area (Å²) in [5, 5.41) is 3.02. The number of anilines is 1. The van der Waals surface area contributed by atoms with Gasteiger partial charge in [0.15, 0.2) is 6.10 Å². The number of hydrogen-bond acceptors (Lipinski definition) is 2. The third-order valence-corrected chi connectivity index (χ3v) is 5.12. The summed E-state index contributed by atoms with van der Waals surface area (Å²) in [4.78, 5) is 12.7. The first-order valence-corrected chi connectivity index (χ1v) is 9.24. The first-order valence-electron chi connectivity index (χ1n) is 9.24. The molecule has 1 amide bonds. The number of fused-ring (bicyclic) bond motifs is 1. The molecule has 0 aliphatic heterocycles. The summed E-state index contributed by atoms with van der Waals surface area (Å²) in [6.45, 7) is 6.05. The molecule has 1 aliphatic rings. The van der Waals surface area contributed by atoms with E-state index in [9.17, 15) is 4.79 Å². The smallest absolute Gasteiger partial charge is 0.265 e. The van der Waals surface area contributed by atoms with Crippen molar-refractivity contribution >= 4 is 11.6 Å². The zero-order valence-electron chi connectivity index (χ0n) is 15.4.